The van der Waals surface area contributed by atoms with Crippen LogP contribution < -0.4 is 10.5 Å². The van der Waals surface area contributed by atoms with Gasteiger partial charge in [-0.05, 0) is 7.05 Å². The SMILES string of the molecule is Cc1s[c-]c2[nH]c(=O)c(C#N)c(N3CCN(C)CC3)c12.[Y]. The van der Waals surface area contributed by atoms with E-state index in [1.165, 1.54) is 11.3 Å². The Bertz CT molecular complexity index is 753. The number of nitrogens with zero attached hydrogens (tertiary/aromatic N) is 3. The second-order valence-electron chi connectivity index (χ2n) is 5.09. The van der Waals surface area contributed by atoms with Crippen LogP contribution in [0.5, 0.6) is 0 Å². The summed E-state index contributed by atoms with van der Waals surface area (Å²) in [4.78, 5) is 20.3. The van der Waals surface area contributed by atoms with Crippen molar-refractivity contribution >= 4 is 27.9 Å². The summed E-state index contributed by atoms with van der Waals surface area (Å²) in [5.41, 5.74) is 1.40. The Morgan fingerprint density at radius 1 is 1.33 bits per heavy atom. The molecule has 7 heteroatoms. The number of piperazine rings is 1. The molecule has 0 spiro atoms. The number of aryl methyl sites for hydroxylation is 1. The van der Waals surface area contributed by atoms with Gasteiger partial charge in [-0.15, -0.1) is 10.3 Å². The van der Waals surface area contributed by atoms with E-state index in [0.717, 1.165) is 42.1 Å². The molecule has 0 unspecified atom stereocenters. The summed E-state index contributed by atoms with van der Waals surface area (Å²) in [6, 6.07) is 2.07. The summed E-state index contributed by atoms with van der Waals surface area (Å²) < 4.78 is 0. The molecule has 0 atom stereocenters. The minimum Gasteiger partial charge on any atom is -0.378 e. The number of pyridine rings is 1. The average Bonchev–Trinajstić information content (AvgIpc) is 2.79. The number of H-pyrrole nitrogens is 1. The van der Waals surface area contributed by atoms with E-state index in [1.807, 2.05) is 6.92 Å². The molecule has 0 bridgehead atoms. The van der Waals surface area contributed by atoms with Crippen LogP contribution in [0.4, 0.5) is 5.69 Å². The molecule has 1 fully saturated rings. The first-order valence-corrected chi connectivity index (χ1v) is 7.34. The number of hydrogen-bond acceptors (Lipinski definition) is 5. The first-order chi connectivity index (χ1) is 9.61. The monoisotopic (exact) mass is 376 g/mol. The van der Waals surface area contributed by atoms with Crippen LogP contribution in [0.1, 0.15) is 10.4 Å². The van der Waals surface area contributed by atoms with Crippen LogP contribution in [0.2, 0.25) is 0 Å². The largest absolute Gasteiger partial charge is 0.378 e. The van der Waals surface area contributed by atoms with Gasteiger partial charge in [0, 0.05) is 64.6 Å². The van der Waals surface area contributed by atoms with Gasteiger partial charge in [0.2, 0.25) is 0 Å². The van der Waals surface area contributed by atoms with Gasteiger partial charge in [-0.3, -0.25) is 16.1 Å². The number of thiophene rings is 1. The van der Waals surface area contributed by atoms with E-state index < -0.39 is 0 Å². The van der Waals surface area contributed by atoms with Crippen LogP contribution in [0.15, 0.2) is 4.79 Å². The maximum atomic E-state index is 12.1. The van der Waals surface area contributed by atoms with Crippen molar-refractivity contribution in [2.75, 3.05) is 38.1 Å². The molecule has 0 aromatic carbocycles. The van der Waals surface area contributed by atoms with E-state index in [2.05, 4.69) is 33.3 Å². The van der Waals surface area contributed by atoms with E-state index in [9.17, 15) is 10.1 Å². The van der Waals surface area contributed by atoms with Crippen LogP contribution in [0.25, 0.3) is 10.9 Å². The molecular formula is C14H15N4OSY-. The molecule has 21 heavy (non-hydrogen) atoms. The second-order valence-corrected chi connectivity index (χ2v) is 6.11. The number of nitriles is 1. The molecule has 3 rings (SSSR count). The van der Waals surface area contributed by atoms with Crippen LogP contribution >= 0.6 is 11.3 Å². The van der Waals surface area contributed by atoms with Gasteiger partial charge in [0.05, 0.1) is 0 Å². The summed E-state index contributed by atoms with van der Waals surface area (Å²) >= 11 is 1.48. The first-order valence-electron chi connectivity index (χ1n) is 6.52. The first kappa shape index (κ1) is 16.6. The van der Waals surface area contributed by atoms with Crippen molar-refractivity contribution in [3.63, 3.8) is 0 Å². The van der Waals surface area contributed by atoms with E-state index in [0.29, 0.717) is 5.52 Å². The van der Waals surface area contributed by atoms with Gasteiger partial charge < -0.3 is 14.8 Å². The van der Waals surface area contributed by atoms with Crippen molar-refractivity contribution in [1.29, 1.82) is 5.26 Å². The number of aromatic nitrogens is 1. The number of hydrogen-bond donors (Lipinski definition) is 1. The van der Waals surface area contributed by atoms with Crippen molar-refractivity contribution in [2.45, 2.75) is 6.92 Å². The Hall–Kier alpha value is -0.736. The van der Waals surface area contributed by atoms with Gasteiger partial charge in [0.15, 0.2) is 0 Å². The minimum absolute atomic E-state index is 0. The molecule has 3 heterocycles. The van der Waals surface area contributed by atoms with Crippen molar-refractivity contribution in [3.05, 3.63) is 26.2 Å². The molecule has 5 nitrogen and oxygen atoms in total. The minimum atomic E-state index is -0.317. The number of anilines is 1. The molecule has 2 aromatic heterocycles. The maximum Gasteiger partial charge on any atom is 0.265 e. The topological polar surface area (TPSA) is 63.1 Å². The van der Waals surface area contributed by atoms with Gasteiger partial charge in [-0.2, -0.15) is 5.26 Å². The Labute approximate surface area is 152 Å². The number of likely N-dealkylation sites (N-methyl/N-ethyl adjacent to an activating group) is 1. The van der Waals surface area contributed by atoms with Gasteiger partial charge in [-0.1, -0.05) is 17.8 Å². The Kier molecular flexibility index (Phi) is 5.21. The smallest absolute Gasteiger partial charge is 0.265 e. The van der Waals surface area contributed by atoms with Gasteiger partial charge in [0.25, 0.3) is 5.56 Å². The van der Waals surface area contributed by atoms with Crippen molar-refractivity contribution in [2.24, 2.45) is 0 Å². The standard InChI is InChI=1S/C14H15N4OS.Y/c1-9-12-11(8-20-9)16-14(19)10(7-15)13(12)18-5-3-17(2)4-6-18;/h3-6H2,1-2H3,(H,16,19);/q-1;. The normalized spacial score (nSPS) is 15.8. The fourth-order valence-corrected chi connectivity index (χ4v) is 3.35. The van der Waals surface area contributed by atoms with Crippen molar-refractivity contribution in [1.82, 2.24) is 9.88 Å². The Morgan fingerprint density at radius 2 is 2.00 bits per heavy atom. The van der Waals surface area contributed by atoms with Crippen LogP contribution in [-0.4, -0.2) is 43.1 Å². The van der Waals surface area contributed by atoms with E-state index in [1.54, 1.807) is 0 Å². The zero-order valence-corrected chi connectivity index (χ0v) is 15.7. The molecule has 1 radical (unpaired) electrons. The number of rotatable bonds is 1. The zero-order chi connectivity index (χ0) is 14.3. The molecule has 2 aromatic rings. The predicted molar refractivity (Wildman–Crippen MR) is 80.4 cm³/mol. The van der Waals surface area contributed by atoms with Crippen molar-refractivity contribution in [3.8, 4) is 6.07 Å². The van der Waals surface area contributed by atoms with Gasteiger partial charge in [0.1, 0.15) is 11.6 Å². The molecule has 0 amide bonds. The number of nitrogens with one attached hydrogen (secondary N) is 1. The summed E-state index contributed by atoms with van der Waals surface area (Å²) in [6.45, 7) is 5.54. The molecule has 0 aliphatic carbocycles. The third-order valence-electron chi connectivity index (χ3n) is 3.78. The zero-order valence-electron chi connectivity index (χ0n) is 12.1. The van der Waals surface area contributed by atoms with Crippen LogP contribution in [-0.2, 0) is 32.7 Å². The molecule has 0 saturated carbocycles. The molecular weight excluding hydrogens is 361 g/mol. The summed E-state index contributed by atoms with van der Waals surface area (Å²) in [6.07, 6.45) is 0. The summed E-state index contributed by atoms with van der Waals surface area (Å²) in [5.74, 6) is 0. The summed E-state index contributed by atoms with van der Waals surface area (Å²) in [5, 5.41) is 13.4. The maximum absolute atomic E-state index is 12.1. The third-order valence-corrected chi connectivity index (χ3v) is 4.60. The van der Waals surface area contributed by atoms with E-state index >= 15 is 0 Å². The molecule has 1 aliphatic rings. The average molecular weight is 376 g/mol. The molecule has 1 N–H and O–H groups in total. The fourth-order valence-electron chi connectivity index (χ4n) is 2.64. The Balaban J connectivity index is 0.00000161. The van der Waals surface area contributed by atoms with Crippen molar-refractivity contribution < 1.29 is 32.7 Å². The van der Waals surface area contributed by atoms with E-state index in [-0.39, 0.29) is 43.8 Å². The Morgan fingerprint density at radius 3 is 2.62 bits per heavy atom. The number of aromatic amines is 1. The van der Waals surface area contributed by atoms with Crippen LogP contribution in [0, 0.1) is 23.6 Å². The van der Waals surface area contributed by atoms with E-state index in [4.69, 9.17) is 0 Å². The molecule has 1 saturated heterocycles. The van der Waals surface area contributed by atoms with Crippen LogP contribution in [0.3, 0.4) is 0 Å². The quantitative estimate of drug-likeness (QED) is 0.763. The number of fused-ring (bicyclic) bond motifs is 1. The fraction of sp³-hybridized carbons (Fsp3) is 0.429. The second kappa shape index (κ2) is 6.57. The summed E-state index contributed by atoms with van der Waals surface area (Å²) in [7, 11) is 2.08. The van der Waals surface area contributed by atoms with Gasteiger partial charge >= 0.3 is 0 Å². The van der Waals surface area contributed by atoms with Gasteiger partial charge in [-0.25, -0.2) is 0 Å². The third kappa shape index (κ3) is 2.93. The predicted octanol–water partition coefficient (Wildman–Crippen LogP) is 1.32. The molecule has 1 aliphatic heterocycles. The molecule has 107 valence electrons.